The summed E-state index contributed by atoms with van der Waals surface area (Å²) in [5.74, 6) is 1.43. The highest BCUT2D eigenvalue weighted by molar-refractivity contribution is 5.36. The Bertz CT molecular complexity index is 358. The van der Waals surface area contributed by atoms with Gasteiger partial charge in [0.1, 0.15) is 12.1 Å². The van der Waals surface area contributed by atoms with E-state index in [2.05, 4.69) is 27.2 Å². The van der Waals surface area contributed by atoms with Crippen LogP contribution in [0, 0.1) is 0 Å². The molecule has 5 nitrogen and oxygen atoms in total. The summed E-state index contributed by atoms with van der Waals surface area (Å²) in [5.41, 5.74) is 0. The van der Waals surface area contributed by atoms with Gasteiger partial charge in [-0.1, -0.05) is 0 Å². The van der Waals surface area contributed by atoms with E-state index in [1.807, 2.05) is 6.07 Å². The zero-order valence-electron chi connectivity index (χ0n) is 10.5. The van der Waals surface area contributed by atoms with E-state index in [1.165, 1.54) is 25.7 Å². The summed E-state index contributed by atoms with van der Waals surface area (Å²) in [5, 5.41) is 3.31. The van der Waals surface area contributed by atoms with Gasteiger partial charge in [0.25, 0.3) is 0 Å². The molecule has 0 bridgehead atoms. The normalized spacial score (nSPS) is 20.5. The molecule has 0 saturated carbocycles. The minimum atomic E-state index is 0.598. The fourth-order valence-corrected chi connectivity index (χ4v) is 2.26. The summed E-state index contributed by atoms with van der Waals surface area (Å²) in [6.07, 6.45) is 5.31. The van der Waals surface area contributed by atoms with Crippen LogP contribution in [0.2, 0.25) is 0 Å². The smallest absolute Gasteiger partial charge is 0.218 e. The van der Waals surface area contributed by atoms with E-state index in [-0.39, 0.29) is 0 Å². The van der Waals surface area contributed by atoms with Crippen LogP contribution < -0.4 is 10.1 Å². The molecule has 1 fully saturated rings. The third kappa shape index (κ3) is 3.30. The fraction of sp³-hybridized carbons (Fsp3) is 0.667. The number of ether oxygens (including phenoxy) is 1. The largest absolute Gasteiger partial charge is 0.481 e. The SMILES string of the molecule is COc1cc(NCC[C@@H]2CCCN2C)ncn1. The van der Waals surface area contributed by atoms with Crippen LogP contribution in [0.1, 0.15) is 19.3 Å². The quantitative estimate of drug-likeness (QED) is 0.837. The number of methoxy groups -OCH3 is 1. The fourth-order valence-electron chi connectivity index (χ4n) is 2.26. The molecule has 17 heavy (non-hydrogen) atoms. The number of likely N-dealkylation sites (tertiary alicyclic amines) is 1. The average Bonchev–Trinajstić information content (AvgIpc) is 2.76. The summed E-state index contributed by atoms with van der Waals surface area (Å²) >= 11 is 0. The van der Waals surface area contributed by atoms with Crippen LogP contribution in [0.4, 0.5) is 5.82 Å². The first-order chi connectivity index (χ1) is 8.29. The predicted molar refractivity (Wildman–Crippen MR) is 67.3 cm³/mol. The second kappa shape index (κ2) is 5.82. The molecule has 5 heteroatoms. The number of aromatic nitrogens is 2. The van der Waals surface area contributed by atoms with Crippen LogP contribution >= 0.6 is 0 Å². The molecular formula is C12H20N4O. The van der Waals surface area contributed by atoms with E-state index in [0.717, 1.165) is 18.8 Å². The molecule has 1 saturated heterocycles. The Morgan fingerprint density at radius 1 is 1.53 bits per heavy atom. The molecule has 0 aromatic carbocycles. The van der Waals surface area contributed by atoms with Crippen LogP contribution in [0.25, 0.3) is 0 Å². The van der Waals surface area contributed by atoms with Crippen molar-refractivity contribution < 1.29 is 4.74 Å². The van der Waals surface area contributed by atoms with E-state index in [4.69, 9.17) is 4.74 Å². The van der Waals surface area contributed by atoms with Crippen molar-refractivity contribution in [2.75, 3.05) is 32.6 Å². The molecule has 1 N–H and O–H groups in total. The molecule has 94 valence electrons. The number of nitrogens with one attached hydrogen (secondary N) is 1. The summed E-state index contributed by atoms with van der Waals surface area (Å²) in [6, 6.07) is 2.53. The van der Waals surface area contributed by atoms with Gasteiger partial charge >= 0.3 is 0 Å². The van der Waals surface area contributed by atoms with Crippen LogP contribution in [0.3, 0.4) is 0 Å². The standard InChI is InChI=1S/C12H20N4O/c1-16-7-3-4-10(16)5-6-13-11-8-12(17-2)15-9-14-11/h8-10H,3-7H2,1-2H3,(H,13,14,15)/t10-/m0/s1. The molecule has 0 amide bonds. The minimum Gasteiger partial charge on any atom is -0.481 e. The van der Waals surface area contributed by atoms with Gasteiger partial charge in [0.2, 0.25) is 5.88 Å². The molecule has 1 aromatic rings. The van der Waals surface area contributed by atoms with Gasteiger partial charge in [-0.15, -0.1) is 0 Å². The molecular weight excluding hydrogens is 216 g/mol. The third-order valence-electron chi connectivity index (χ3n) is 3.31. The third-order valence-corrected chi connectivity index (χ3v) is 3.31. The maximum atomic E-state index is 5.05. The lowest BCUT2D eigenvalue weighted by molar-refractivity contribution is 0.301. The lowest BCUT2D eigenvalue weighted by Crippen LogP contribution is -2.27. The lowest BCUT2D eigenvalue weighted by atomic mass is 10.1. The Kier molecular flexibility index (Phi) is 4.14. The van der Waals surface area contributed by atoms with Gasteiger partial charge in [0.15, 0.2) is 0 Å². The molecule has 1 aliphatic rings. The number of rotatable bonds is 5. The molecule has 0 unspecified atom stereocenters. The maximum absolute atomic E-state index is 5.05. The van der Waals surface area contributed by atoms with Gasteiger partial charge in [-0.2, -0.15) is 0 Å². The molecule has 1 atom stereocenters. The van der Waals surface area contributed by atoms with Crippen molar-refractivity contribution in [2.24, 2.45) is 0 Å². The molecule has 1 aromatic heterocycles. The van der Waals surface area contributed by atoms with Crippen LogP contribution in [0.15, 0.2) is 12.4 Å². The minimum absolute atomic E-state index is 0.598. The number of anilines is 1. The van der Waals surface area contributed by atoms with Crippen molar-refractivity contribution in [3.05, 3.63) is 12.4 Å². The van der Waals surface area contributed by atoms with E-state index in [9.17, 15) is 0 Å². The first-order valence-corrected chi connectivity index (χ1v) is 6.10. The average molecular weight is 236 g/mol. The zero-order valence-corrected chi connectivity index (χ0v) is 10.5. The van der Waals surface area contributed by atoms with Crippen molar-refractivity contribution in [1.29, 1.82) is 0 Å². The highest BCUT2D eigenvalue weighted by Crippen LogP contribution is 2.18. The number of nitrogens with zero attached hydrogens (tertiary/aromatic N) is 3. The van der Waals surface area contributed by atoms with Gasteiger partial charge in [0, 0.05) is 18.7 Å². The monoisotopic (exact) mass is 236 g/mol. The summed E-state index contributed by atoms with van der Waals surface area (Å²) in [7, 11) is 3.81. The summed E-state index contributed by atoms with van der Waals surface area (Å²) in [6.45, 7) is 2.17. The Hall–Kier alpha value is -1.36. The molecule has 0 radical (unpaired) electrons. The highest BCUT2D eigenvalue weighted by Gasteiger charge is 2.19. The van der Waals surface area contributed by atoms with Gasteiger partial charge in [0.05, 0.1) is 7.11 Å². The molecule has 2 heterocycles. The predicted octanol–water partition coefficient (Wildman–Crippen LogP) is 1.38. The molecule has 1 aliphatic heterocycles. The van der Waals surface area contributed by atoms with Gasteiger partial charge in [-0.05, 0) is 32.9 Å². The van der Waals surface area contributed by atoms with Crippen molar-refractivity contribution in [3.8, 4) is 5.88 Å². The second-order valence-corrected chi connectivity index (χ2v) is 4.44. The summed E-state index contributed by atoms with van der Waals surface area (Å²) in [4.78, 5) is 10.6. The molecule has 0 aliphatic carbocycles. The second-order valence-electron chi connectivity index (χ2n) is 4.44. The highest BCUT2D eigenvalue weighted by atomic mass is 16.5. The van der Waals surface area contributed by atoms with Crippen molar-refractivity contribution in [3.63, 3.8) is 0 Å². The van der Waals surface area contributed by atoms with Crippen LogP contribution in [-0.4, -0.2) is 48.2 Å². The topological polar surface area (TPSA) is 50.3 Å². The van der Waals surface area contributed by atoms with E-state index in [1.54, 1.807) is 7.11 Å². The molecule has 2 rings (SSSR count). The van der Waals surface area contributed by atoms with Crippen molar-refractivity contribution in [1.82, 2.24) is 14.9 Å². The maximum Gasteiger partial charge on any atom is 0.218 e. The van der Waals surface area contributed by atoms with Crippen LogP contribution in [0.5, 0.6) is 5.88 Å². The summed E-state index contributed by atoms with van der Waals surface area (Å²) < 4.78 is 5.05. The van der Waals surface area contributed by atoms with Crippen LogP contribution in [-0.2, 0) is 0 Å². The Balaban J connectivity index is 1.77. The Labute approximate surface area is 102 Å². The van der Waals surface area contributed by atoms with Gasteiger partial charge in [-0.3, -0.25) is 0 Å². The zero-order chi connectivity index (χ0) is 12.1. The Morgan fingerprint density at radius 2 is 2.41 bits per heavy atom. The van der Waals surface area contributed by atoms with E-state index < -0.39 is 0 Å². The van der Waals surface area contributed by atoms with Crippen molar-refractivity contribution in [2.45, 2.75) is 25.3 Å². The first-order valence-electron chi connectivity index (χ1n) is 6.10. The Morgan fingerprint density at radius 3 is 3.12 bits per heavy atom. The van der Waals surface area contributed by atoms with Gasteiger partial charge < -0.3 is 15.0 Å². The first kappa shape index (κ1) is 12.1. The number of hydrogen-bond acceptors (Lipinski definition) is 5. The number of hydrogen-bond donors (Lipinski definition) is 1. The van der Waals surface area contributed by atoms with E-state index >= 15 is 0 Å². The van der Waals surface area contributed by atoms with Crippen molar-refractivity contribution >= 4 is 5.82 Å². The van der Waals surface area contributed by atoms with E-state index in [0.29, 0.717) is 11.9 Å². The van der Waals surface area contributed by atoms with Gasteiger partial charge in [-0.25, -0.2) is 9.97 Å². The molecule has 0 spiro atoms. The lowest BCUT2D eigenvalue weighted by Gasteiger charge is -2.19.